The first-order valence-corrected chi connectivity index (χ1v) is 14.8. The summed E-state index contributed by atoms with van der Waals surface area (Å²) >= 11 is 0. The molecule has 0 spiro atoms. The van der Waals surface area contributed by atoms with E-state index >= 15 is 0 Å². The maximum Gasteiger partial charge on any atom is 0.235 e. The van der Waals surface area contributed by atoms with Crippen molar-refractivity contribution in [3.8, 4) is 23.0 Å². The number of phenols is 2. The zero-order chi connectivity index (χ0) is 29.2. The minimum absolute atomic E-state index is 0.0687. The molecule has 0 bridgehead atoms. The Kier molecular flexibility index (Phi) is 8.39. The number of nitrogens with zero attached hydrogens (tertiary/aromatic N) is 4. The van der Waals surface area contributed by atoms with Gasteiger partial charge in [0.1, 0.15) is 28.6 Å². The van der Waals surface area contributed by atoms with Crippen molar-refractivity contribution in [1.29, 1.82) is 0 Å². The second kappa shape index (κ2) is 12.3. The number of aryl methyl sites for hydroxylation is 1. The predicted molar refractivity (Wildman–Crippen MR) is 161 cm³/mol. The Morgan fingerprint density at radius 1 is 0.905 bits per heavy atom. The molecule has 3 aliphatic rings. The molecule has 42 heavy (non-hydrogen) atoms. The Labute approximate surface area is 246 Å². The molecule has 3 aliphatic heterocycles. The van der Waals surface area contributed by atoms with Crippen LogP contribution in [0.2, 0.25) is 0 Å². The van der Waals surface area contributed by atoms with E-state index < -0.39 is 5.78 Å². The van der Waals surface area contributed by atoms with E-state index in [-0.39, 0.29) is 28.6 Å². The molecule has 6 rings (SSSR count). The molecular weight excluding hydrogens is 536 g/mol. The van der Waals surface area contributed by atoms with Gasteiger partial charge in [0, 0.05) is 93.2 Å². The molecule has 0 aliphatic carbocycles. The molecule has 0 saturated carbocycles. The standard InChI is InChI=1S/C32H40N4O6/c1-22-25(21-30-32(39)31-28(38)18-23(37)19-29(31)42-30)26-20-24(40-2)4-5-27(26)36(22)7-3-6-33-8-10-34(11-9-33)12-13-35-14-16-41-17-15-35/h4-5,18-21,37-38H,3,6-17H2,1-2H3. The molecule has 10 nitrogen and oxygen atoms in total. The largest absolute Gasteiger partial charge is 0.508 e. The van der Waals surface area contributed by atoms with Crippen LogP contribution in [-0.2, 0) is 11.3 Å². The van der Waals surface area contributed by atoms with Crippen LogP contribution >= 0.6 is 0 Å². The highest BCUT2D eigenvalue weighted by Crippen LogP contribution is 2.41. The Morgan fingerprint density at radius 2 is 1.60 bits per heavy atom. The summed E-state index contributed by atoms with van der Waals surface area (Å²) in [7, 11) is 1.64. The van der Waals surface area contributed by atoms with Gasteiger partial charge in [-0.3, -0.25) is 14.6 Å². The highest BCUT2D eigenvalue weighted by molar-refractivity contribution is 6.17. The number of aromatic hydroxyl groups is 2. The number of aromatic nitrogens is 1. The number of morpholine rings is 1. The number of carbonyl (C=O) groups is 1. The van der Waals surface area contributed by atoms with Crippen LogP contribution in [0.1, 0.15) is 28.0 Å². The predicted octanol–water partition coefficient (Wildman–Crippen LogP) is 3.33. The highest BCUT2D eigenvalue weighted by atomic mass is 16.5. The smallest absolute Gasteiger partial charge is 0.235 e. The average molecular weight is 577 g/mol. The fraction of sp³-hybridized carbons (Fsp3) is 0.469. The molecule has 0 unspecified atom stereocenters. The first kappa shape index (κ1) is 28.5. The molecular formula is C32H40N4O6. The summed E-state index contributed by atoms with van der Waals surface area (Å²) in [5.41, 5.74) is 3.03. The summed E-state index contributed by atoms with van der Waals surface area (Å²) in [6.07, 6.45) is 2.75. The molecule has 0 amide bonds. The van der Waals surface area contributed by atoms with Crippen molar-refractivity contribution in [3.63, 3.8) is 0 Å². The number of rotatable bonds is 9. The van der Waals surface area contributed by atoms with Gasteiger partial charge in [0.2, 0.25) is 5.78 Å². The van der Waals surface area contributed by atoms with Crippen LogP contribution in [0.25, 0.3) is 17.0 Å². The molecule has 1 aromatic heterocycles. The number of methoxy groups -OCH3 is 1. The van der Waals surface area contributed by atoms with Crippen molar-refractivity contribution < 1.29 is 29.2 Å². The maximum absolute atomic E-state index is 13.1. The summed E-state index contributed by atoms with van der Waals surface area (Å²) in [4.78, 5) is 20.8. The van der Waals surface area contributed by atoms with Crippen LogP contribution in [0.4, 0.5) is 0 Å². The van der Waals surface area contributed by atoms with Gasteiger partial charge in [-0.2, -0.15) is 0 Å². The van der Waals surface area contributed by atoms with Crippen molar-refractivity contribution in [2.75, 3.05) is 79.2 Å². The maximum atomic E-state index is 13.1. The lowest BCUT2D eigenvalue weighted by molar-refractivity contribution is 0.0299. The van der Waals surface area contributed by atoms with Gasteiger partial charge in [0.25, 0.3) is 0 Å². The summed E-state index contributed by atoms with van der Waals surface area (Å²) in [6.45, 7) is 14.4. The van der Waals surface area contributed by atoms with Crippen molar-refractivity contribution in [3.05, 3.63) is 52.9 Å². The van der Waals surface area contributed by atoms with E-state index in [1.165, 1.54) is 6.07 Å². The SMILES string of the molecule is COc1ccc2c(c1)c(C=C1Oc3cc(O)cc(O)c3C1=O)c(C)n2CCCN1CCN(CCN2CCOCC2)CC1. The summed E-state index contributed by atoms with van der Waals surface area (Å²) in [5, 5.41) is 21.1. The average Bonchev–Trinajstić information content (AvgIpc) is 3.45. The molecule has 2 aromatic carbocycles. The number of piperazine rings is 1. The van der Waals surface area contributed by atoms with Crippen LogP contribution in [0.5, 0.6) is 23.0 Å². The normalized spacial score (nSPS) is 19.5. The number of carbonyl (C=O) groups excluding carboxylic acids is 1. The number of hydrogen-bond donors (Lipinski definition) is 2. The van der Waals surface area contributed by atoms with Crippen LogP contribution in [0.3, 0.4) is 0 Å². The Balaban J connectivity index is 1.13. The zero-order valence-corrected chi connectivity index (χ0v) is 24.5. The van der Waals surface area contributed by atoms with Crippen molar-refractivity contribution in [2.45, 2.75) is 19.9 Å². The number of fused-ring (bicyclic) bond motifs is 2. The number of Topliss-reactive ketones (excluding diaryl/α,β-unsaturated/α-hetero) is 1. The minimum atomic E-state index is -0.408. The van der Waals surface area contributed by atoms with Crippen LogP contribution < -0.4 is 9.47 Å². The Morgan fingerprint density at radius 3 is 2.31 bits per heavy atom. The van der Waals surface area contributed by atoms with Gasteiger partial charge in [0.05, 0.1) is 20.3 Å². The van der Waals surface area contributed by atoms with E-state index in [1.54, 1.807) is 13.2 Å². The number of ketones is 1. The van der Waals surface area contributed by atoms with E-state index in [0.29, 0.717) is 0 Å². The second-order valence-corrected chi connectivity index (χ2v) is 11.3. The van der Waals surface area contributed by atoms with E-state index in [4.69, 9.17) is 14.2 Å². The van der Waals surface area contributed by atoms with E-state index in [1.807, 2.05) is 12.1 Å². The van der Waals surface area contributed by atoms with Crippen molar-refractivity contribution in [1.82, 2.24) is 19.3 Å². The summed E-state index contributed by atoms with van der Waals surface area (Å²) < 4.78 is 19.1. The molecule has 2 N–H and O–H groups in total. The minimum Gasteiger partial charge on any atom is -0.508 e. The third-order valence-electron chi connectivity index (χ3n) is 8.75. The van der Waals surface area contributed by atoms with E-state index in [2.05, 4.69) is 32.3 Å². The second-order valence-electron chi connectivity index (χ2n) is 11.3. The van der Waals surface area contributed by atoms with E-state index in [0.717, 1.165) is 119 Å². The zero-order valence-electron chi connectivity index (χ0n) is 24.5. The van der Waals surface area contributed by atoms with E-state index in [9.17, 15) is 15.0 Å². The first-order chi connectivity index (χ1) is 20.4. The number of ether oxygens (including phenoxy) is 3. The monoisotopic (exact) mass is 576 g/mol. The van der Waals surface area contributed by atoms with Gasteiger partial charge in [-0.1, -0.05) is 0 Å². The van der Waals surface area contributed by atoms with Gasteiger partial charge >= 0.3 is 0 Å². The number of benzene rings is 2. The topological polar surface area (TPSA) is 99.9 Å². The Hall–Kier alpha value is -3.57. The molecule has 3 aromatic rings. The number of allylic oxidation sites excluding steroid dienone is 1. The highest BCUT2D eigenvalue weighted by Gasteiger charge is 2.32. The third kappa shape index (κ3) is 5.85. The van der Waals surface area contributed by atoms with Gasteiger partial charge in [0.15, 0.2) is 5.76 Å². The lowest BCUT2D eigenvalue weighted by Gasteiger charge is -2.36. The van der Waals surface area contributed by atoms with Gasteiger partial charge in [-0.15, -0.1) is 0 Å². The van der Waals surface area contributed by atoms with Gasteiger partial charge in [-0.05, 0) is 44.2 Å². The number of phenolic OH excluding ortho intramolecular Hbond substituents is 2. The summed E-state index contributed by atoms with van der Waals surface area (Å²) in [5.74, 6) is 0.140. The van der Waals surface area contributed by atoms with Crippen LogP contribution in [0.15, 0.2) is 36.1 Å². The number of hydrogen-bond acceptors (Lipinski definition) is 9. The van der Waals surface area contributed by atoms with Crippen molar-refractivity contribution >= 4 is 22.8 Å². The van der Waals surface area contributed by atoms with Crippen LogP contribution in [-0.4, -0.2) is 114 Å². The molecule has 224 valence electrons. The van der Waals surface area contributed by atoms with Gasteiger partial charge in [-0.25, -0.2) is 0 Å². The summed E-state index contributed by atoms with van der Waals surface area (Å²) in [6, 6.07) is 8.50. The molecule has 0 radical (unpaired) electrons. The first-order valence-electron chi connectivity index (χ1n) is 14.8. The Bertz CT molecular complexity index is 1480. The molecule has 2 fully saturated rings. The fourth-order valence-corrected chi connectivity index (χ4v) is 6.29. The molecule has 4 heterocycles. The van der Waals surface area contributed by atoms with Crippen LogP contribution in [0, 0.1) is 6.92 Å². The fourth-order valence-electron chi connectivity index (χ4n) is 6.29. The quantitative estimate of drug-likeness (QED) is 0.372. The molecule has 2 saturated heterocycles. The molecule has 10 heteroatoms. The third-order valence-corrected chi connectivity index (χ3v) is 8.75. The van der Waals surface area contributed by atoms with Gasteiger partial charge < -0.3 is 33.9 Å². The molecule has 0 atom stereocenters. The van der Waals surface area contributed by atoms with Crippen molar-refractivity contribution in [2.24, 2.45) is 0 Å². The lowest BCUT2D eigenvalue weighted by atomic mass is 10.1. The lowest BCUT2D eigenvalue weighted by Crippen LogP contribution is -2.49.